The first-order chi connectivity index (χ1) is 11.9. The van der Waals surface area contributed by atoms with Gasteiger partial charge in [-0.25, -0.2) is 0 Å². The van der Waals surface area contributed by atoms with Crippen molar-refractivity contribution >= 4 is 6.29 Å². The number of carbonyl (C=O) groups excluding carboxylic acids is 1. The molecule has 25 heavy (non-hydrogen) atoms. The van der Waals surface area contributed by atoms with Crippen molar-refractivity contribution < 1.29 is 15.0 Å². The van der Waals surface area contributed by atoms with Gasteiger partial charge >= 0.3 is 0 Å². The number of aryl methyl sites for hydroxylation is 1. The molecular weight excluding hydrogens is 312 g/mol. The van der Waals surface area contributed by atoms with Crippen LogP contribution in [0.1, 0.15) is 80.3 Å². The van der Waals surface area contributed by atoms with E-state index in [1.54, 1.807) is 6.07 Å². The van der Waals surface area contributed by atoms with Gasteiger partial charge in [0.2, 0.25) is 0 Å². The van der Waals surface area contributed by atoms with Crippen molar-refractivity contribution in [1.29, 1.82) is 0 Å². The number of allylic oxidation sites excluding steroid dienone is 3. The highest BCUT2D eigenvalue weighted by Gasteiger charge is 2.31. The molecule has 0 saturated carbocycles. The topological polar surface area (TPSA) is 57.5 Å². The molecule has 2 unspecified atom stereocenters. The van der Waals surface area contributed by atoms with Crippen molar-refractivity contribution in [2.45, 2.75) is 65.2 Å². The predicted octanol–water partition coefficient (Wildman–Crippen LogP) is 5.66. The van der Waals surface area contributed by atoms with Gasteiger partial charge in [0.15, 0.2) is 6.29 Å². The minimum Gasteiger partial charge on any atom is -0.508 e. The molecule has 0 spiro atoms. The molecule has 0 aromatic heterocycles. The maximum Gasteiger partial charge on any atom is 0.154 e. The zero-order valence-electron chi connectivity index (χ0n) is 15.6. The smallest absolute Gasteiger partial charge is 0.154 e. The summed E-state index contributed by atoms with van der Waals surface area (Å²) in [5, 5.41) is 21.3. The van der Waals surface area contributed by atoms with Crippen LogP contribution in [0.25, 0.3) is 0 Å². The molecule has 0 bridgehead atoms. The highest BCUT2D eigenvalue weighted by Crippen LogP contribution is 2.46. The van der Waals surface area contributed by atoms with Gasteiger partial charge in [0.05, 0.1) is 5.56 Å². The fraction of sp³-hybridized carbons (Fsp3) is 0.500. The fourth-order valence-electron chi connectivity index (χ4n) is 3.88. The lowest BCUT2D eigenvalue weighted by Gasteiger charge is -2.32. The molecule has 2 N–H and O–H groups in total. The molecular formula is C22H30O3. The van der Waals surface area contributed by atoms with Crippen LogP contribution in [0.2, 0.25) is 0 Å². The van der Waals surface area contributed by atoms with Crippen LogP contribution in [0.15, 0.2) is 29.9 Å². The third-order valence-electron chi connectivity index (χ3n) is 5.32. The Hall–Kier alpha value is -2.03. The van der Waals surface area contributed by atoms with Gasteiger partial charge in [-0.3, -0.25) is 4.79 Å². The Labute approximate surface area is 151 Å². The second kappa shape index (κ2) is 8.37. The number of benzene rings is 1. The Balaban J connectivity index is 2.53. The molecule has 0 aliphatic heterocycles. The number of hydrogen-bond donors (Lipinski definition) is 2. The van der Waals surface area contributed by atoms with E-state index in [1.165, 1.54) is 5.57 Å². The van der Waals surface area contributed by atoms with Crippen LogP contribution in [-0.4, -0.2) is 16.5 Å². The standard InChI is InChI=1S/C22H30O3/c1-5-6-7-8-16-12-20(24)21(19(13-23)22(16)25)18-11-15(4)9-10-17(18)14(2)3/h11-13,17-18,24-25H,2,5-10H2,1,3-4H3. The van der Waals surface area contributed by atoms with Gasteiger partial charge in [0.25, 0.3) is 0 Å². The number of phenols is 2. The highest BCUT2D eigenvalue weighted by molar-refractivity contribution is 5.85. The Kier molecular flexibility index (Phi) is 6.46. The zero-order valence-corrected chi connectivity index (χ0v) is 15.6. The van der Waals surface area contributed by atoms with E-state index in [0.717, 1.165) is 37.7 Å². The first-order valence-electron chi connectivity index (χ1n) is 9.26. The Morgan fingerprint density at radius 3 is 2.68 bits per heavy atom. The molecule has 3 nitrogen and oxygen atoms in total. The summed E-state index contributed by atoms with van der Waals surface area (Å²) < 4.78 is 0. The van der Waals surface area contributed by atoms with Gasteiger partial charge in [-0.05, 0) is 57.1 Å². The lowest BCUT2D eigenvalue weighted by molar-refractivity contribution is 0.111. The molecule has 1 aliphatic carbocycles. The fourth-order valence-corrected chi connectivity index (χ4v) is 3.88. The van der Waals surface area contributed by atoms with Crippen molar-refractivity contribution in [2.75, 3.05) is 0 Å². The number of aldehydes is 1. The van der Waals surface area contributed by atoms with Gasteiger partial charge in [0.1, 0.15) is 11.5 Å². The summed E-state index contributed by atoms with van der Waals surface area (Å²) in [6.07, 6.45) is 8.46. The van der Waals surface area contributed by atoms with E-state index in [9.17, 15) is 15.0 Å². The molecule has 0 radical (unpaired) electrons. The summed E-state index contributed by atoms with van der Waals surface area (Å²) in [5.74, 6) is 0.172. The van der Waals surface area contributed by atoms with E-state index < -0.39 is 0 Å². The van der Waals surface area contributed by atoms with Crippen LogP contribution in [0.4, 0.5) is 0 Å². The summed E-state index contributed by atoms with van der Waals surface area (Å²) in [6.45, 7) is 10.3. The van der Waals surface area contributed by atoms with Crippen molar-refractivity contribution in [3.8, 4) is 11.5 Å². The third kappa shape index (κ3) is 4.15. The Bertz CT molecular complexity index is 685. The van der Waals surface area contributed by atoms with Crippen LogP contribution in [0, 0.1) is 5.92 Å². The first-order valence-corrected chi connectivity index (χ1v) is 9.26. The van der Waals surface area contributed by atoms with Crippen LogP contribution in [-0.2, 0) is 6.42 Å². The van der Waals surface area contributed by atoms with Gasteiger partial charge < -0.3 is 10.2 Å². The molecule has 0 amide bonds. The lowest BCUT2D eigenvalue weighted by Crippen LogP contribution is -2.18. The number of phenolic OH excluding ortho intramolecular Hbond substituents is 2. The quantitative estimate of drug-likeness (QED) is 0.291. The predicted molar refractivity (Wildman–Crippen MR) is 102 cm³/mol. The average Bonchev–Trinajstić information content (AvgIpc) is 2.57. The maximum atomic E-state index is 11.8. The molecule has 1 aromatic carbocycles. The molecule has 3 heteroatoms. The number of rotatable bonds is 7. The third-order valence-corrected chi connectivity index (χ3v) is 5.32. The van der Waals surface area contributed by atoms with E-state index in [4.69, 9.17) is 0 Å². The van der Waals surface area contributed by atoms with Crippen LogP contribution in [0.3, 0.4) is 0 Å². The van der Waals surface area contributed by atoms with Crippen molar-refractivity contribution in [3.63, 3.8) is 0 Å². The van der Waals surface area contributed by atoms with E-state index in [-0.39, 0.29) is 28.9 Å². The molecule has 0 fully saturated rings. The number of unbranched alkanes of at least 4 members (excludes halogenated alkanes) is 2. The second-order valence-corrected chi connectivity index (χ2v) is 7.34. The van der Waals surface area contributed by atoms with E-state index in [1.807, 2.05) is 6.92 Å². The number of aromatic hydroxyl groups is 2. The minimum absolute atomic E-state index is 0.0241. The molecule has 0 heterocycles. The van der Waals surface area contributed by atoms with Gasteiger partial charge in [-0.2, -0.15) is 0 Å². The SMILES string of the molecule is C=C(C)C1CCC(C)=CC1c1c(O)cc(CCCCC)c(O)c1C=O. The second-order valence-electron chi connectivity index (χ2n) is 7.34. The van der Waals surface area contributed by atoms with E-state index in [0.29, 0.717) is 23.8 Å². The summed E-state index contributed by atoms with van der Waals surface area (Å²) in [4.78, 5) is 11.8. The van der Waals surface area contributed by atoms with Gasteiger partial charge in [-0.1, -0.05) is 43.6 Å². The largest absolute Gasteiger partial charge is 0.508 e. The number of carbonyl (C=O) groups is 1. The number of hydrogen-bond acceptors (Lipinski definition) is 3. The van der Waals surface area contributed by atoms with E-state index >= 15 is 0 Å². The highest BCUT2D eigenvalue weighted by atomic mass is 16.3. The summed E-state index contributed by atoms with van der Waals surface area (Å²) >= 11 is 0. The summed E-state index contributed by atoms with van der Waals surface area (Å²) in [7, 11) is 0. The molecule has 1 aromatic rings. The van der Waals surface area contributed by atoms with Crippen LogP contribution >= 0.6 is 0 Å². The summed E-state index contributed by atoms with van der Waals surface area (Å²) in [6, 6.07) is 1.64. The van der Waals surface area contributed by atoms with Crippen LogP contribution < -0.4 is 0 Å². The van der Waals surface area contributed by atoms with Gasteiger partial charge in [-0.15, -0.1) is 0 Å². The summed E-state index contributed by atoms with van der Waals surface area (Å²) in [5.41, 5.74) is 3.70. The lowest BCUT2D eigenvalue weighted by atomic mass is 9.72. The monoisotopic (exact) mass is 342 g/mol. The molecule has 2 atom stereocenters. The molecule has 1 aliphatic rings. The van der Waals surface area contributed by atoms with Crippen LogP contribution in [0.5, 0.6) is 11.5 Å². The minimum atomic E-state index is -0.123. The van der Waals surface area contributed by atoms with E-state index in [2.05, 4.69) is 26.5 Å². The molecule has 0 saturated heterocycles. The van der Waals surface area contributed by atoms with Crippen molar-refractivity contribution in [3.05, 3.63) is 46.6 Å². The Morgan fingerprint density at radius 2 is 2.08 bits per heavy atom. The molecule has 2 rings (SSSR count). The first kappa shape index (κ1) is 19.3. The van der Waals surface area contributed by atoms with Crippen molar-refractivity contribution in [2.24, 2.45) is 5.92 Å². The average molecular weight is 342 g/mol. The maximum absolute atomic E-state index is 11.8. The van der Waals surface area contributed by atoms with Crippen molar-refractivity contribution in [1.82, 2.24) is 0 Å². The van der Waals surface area contributed by atoms with Gasteiger partial charge in [0, 0.05) is 11.5 Å². The normalized spacial score (nSPS) is 20.2. The Morgan fingerprint density at radius 1 is 1.36 bits per heavy atom. The molecule has 136 valence electrons. The zero-order chi connectivity index (χ0) is 18.6.